The van der Waals surface area contributed by atoms with Gasteiger partial charge in [0, 0.05) is 56.5 Å². The van der Waals surface area contributed by atoms with E-state index in [1.54, 1.807) is 12.1 Å². The van der Waals surface area contributed by atoms with Crippen LogP contribution in [0.2, 0.25) is 0 Å². The third-order valence-corrected chi connectivity index (χ3v) is 13.4. The lowest BCUT2D eigenvalue weighted by Crippen LogP contribution is -2.70. The Kier molecular flexibility index (Phi) is 14.3. The fourth-order valence-corrected chi connectivity index (χ4v) is 10.4. The predicted octanol–water partition coefficient (Wildman–Crippen LogP) is 8.55. The van der Waals surface area contributed by atoms with Crippen molar-refractivity contribution in [1.82, 2.24) is 10.2 Å². The number of oxime groups is 1. The molecule has 3 aromatic carbocycles. The maximum Gasteiger partial charge on any atom is 0.412 e. The quantitative estimate of drug-likeness (QED) is 0.0613. The molecular formula is C50H63N3O9. The lowest BCUT2D eigenvalue weighted by molar-refractivity contribution is -0.258. The zero-order valence-corrected chi connectivity index (χ0v) is 36.1. The molecule has 7 atom stereocenters. The summed E-state index contributed by atoms with van der Waals surface area (Å²) in [6.07, 6.45) is 12.2. The normalized spacial score (nSPS) is 27.0. The zero-order chi connectivity index (χ0) is 43.1. The van der Waals surface area contributed by atoms with Crippen LogP contribution in [0.5, 0.6) is 11.5 Å². The Morgan fingerprint density at radius 2 is 1.81 bits per heavy atom. The van der Waals surface area contributed by atoms with E-state index in [0.29, 0.717) is 50.5 Å². The van der Waals surface area contributed by atoms with E-state index in [2.05, 4.69) is 42.2 Å². The molecule has 0 radical (unpaired) electrons. The minimum Gasteiger partial charge on any atom is -0.459 e. The summed E-state index contributed by atoms with van der Waals surface area (Å²) >= 11 is 0. The van der Waals surface area contributed by atoms with Gasteiger partial charge >= 0.3 is 6.09 Å². The molecule has 12 nitrogen and oxygen atoms in total. The van der Waals surface area contributed by atoms with E-state index in [0.717, 1.165) is 91.0 Å². The molecule has 5 aliphatic rings. The fraction of sp³-hybridized carbons (Fsp3) is 0.540. The van der Waals surface area contributed by atoms with Crippen LogP contribution in [0.25, 0.3) is 10.8 Å². The van der Waals surface area contributed by atoms with Crippen molar-refractivity contribution in [3.8, 4) is 11.5 Å². The van der Waals surface area contributed by atoms with E-state index in [-0.39, 0.29) is 49.4 Å². The van der Waals surface area contributed by atoms with Crippen LogP contribution in [0, 0.1) is 23.7 Å². The van der Waals surface area contributed by atoms with Crippen LogP contribution < -0.4 is 14.8 Å². The van der Waals surface area contributed by atoms with E-state index in [9.17, 15) is 15.0 Å². The number of amides is 2. The number of unbranched alkanes of at least 4 members (excludes halogenated alkanes) is 2. The van der Waals surface area contributed by atoms with Gasteiger partial charge in [-0.2, -0.15) is 0 Å². The van der Waals surface area contributed by atoms with E-state index >= 15 is 4.79 Å². The summed E-state index contributed by atoms with van der Waals surface area (Å²) in [5.74, 6) is -1.13. The minimum atomic E-state index is -1.40. The van der Waals surface area contributed by atoms with Crippen LogP contribution in [0.3, 0.4) is 0 Å². The predicted molar refractivity (Wildman–Crippen MR) is 237 cm³/mol. The van der Waals surface area contributed by atoms with Crippen LogP contribution in [-0.4, -0.2) is 83.9 Å². The zero-order valence-electron chi connectivity index (χ0n) is 36.1. The van der Waals surface area contributed by atoms with Crippen molar-refractivity contribution in [1.29, 1.82) is 0 Å². The van der Waals surface area contributed by atoms with Gasteiger partial charge in [0.05, 0.1) is 24.8 Å². The van der Waals surface area contributed by atoms with Gasteiger partial charge < -0.3 is 44.2 Å². The Morgan fingerprint density at radius 1 is 1.00 bits per heavy atom. The Bertz CT molecular complexity index is 2110. The number of ether oxygens (including phenoxy) is 4. The summed E-state index contributed by atoms with van der Waals surface area (Å²) in [5, 5.41) is 29.9. The van der Waals surface area contributed by atoms with Crippen LogP contribution in [-0.2, 0) is 25.7 Å². The molecule has 2 saturated carbocycles. The van der Waals surface area contributed by atoms with E-state index in [1.807, 2.05) is 42.2 Å². The van der Waals surface area contributed by atoms with Crippen molar-refractivity contribution in [2.45, 2.75) is 115 Å². The Labute approximate surface area is 365 Å². The number of nitrogens with one attached hydrogen (secondary N) is 1. The average molecular weight is 850 g/mol. The van der Waals surface area contributed by atoms with E-state index < -0.39 is 30.1 Å². The van der Waals surface area contributed by atoms with Crippen LogP contribution in [0.4, 0.5) is 4.79 Å². The molecule has 2 aliphatic heterocycles. The topological polar surface area (TPSA) is 148 Å². The van der Waals surface area contributed by atoms with Gasteiger partial charge in [-0.3, -0.25) is 4.79 Å². The number of fused-ring (bicyclic) bond motifs is 3. The number of allylic oxidation sites excluding steroid dienone is 1. The minimum absolute atomic E-state index is 0.0244. The molecule has 8 rings (SSSR count). The number of nitrogens with zero attached hydrogens (tertiary/aromatic N) is 2. The molecular weight excluding hydrogens is 787 g/mol. The van der Waals surface area contributed by atoms with E-state index in [4.69, 9.17) is 28.9 Å². The number of hydrogen-bond acceptors (Lipinski definition) is 10. The Hall–Kier alpha value is -4.75. The van der Waals surface area contributed by atoms with Gasteiger partial charge in [-0.1, -0.05) is 72.6 Å². The molecule has 3 aromatic rings. The second kappa shape index (κ2) is 20.2. The molecule has 3 fully saturated rings. The third-order valence-electron chi connectivity index (χ3n) is 13.4. The van der Waals surface area contributed by atoms with Gasteiger partial charge in [0.2, 0.25) is 18.0 Å². The highest BCUT2D eigenvalue weighted by Gasteiger charge is 2.66. The molecule has 62 heavy (non-hydrogen) atoms. The monoisotopic (exact) mass is 849 g/mol. The van der Waals surface area contributed by atoms with Gasteiger partial charge in [0.25, 0.3) is 0 Å². The Morgan fingerprint density at radius 3 is 2.56 bits per heavy atom. The molecule has 12 heteroatoms. The number of carbonyl (C=O) groups excluding carboxylic acids is 2. The first kappa shape index (κ1) is 43.9. The van der Waals surface area contributed by atoms with Crippen molar-refractivity contribution in [2.75, 3.05) is 33.0 Å². The highest BCUT2D eigenvalue weighted by molar-refractivity contribution is 6.03. The van der Waals surface area contributed by atoms with Crippen molar-refractivity contribution in [3.63, 3.8) is 0 Å². The highest BCUT2D eigenvalue weighted by Crippen LogP contribution is 2.62. The molecule has 1 saturated heterocycles. The number of hydrogen-bond donors (Lipinski definition) is 3. The maximum atomic E-state index is 15.1. The summed E-state index contributed by atoms with van der Waals surface area (Å²) in [5.41, 5.74) is 3.58. The summed E-state index contributed by atoms with van der Waals surface area (Å²) in [4.78, 5) is 36.2. The smallest absolute Gasteiger partial charge is 0.412 e. The molecule has 3 N–H and O–H groups in total. The van der Waals surface area contributed by atoms with Gasteiger partial charge in [0.1, 0.15) is 17.5 Å². The van der Waals surface area contributed by atoms with Crippen molar-refractivity contribution < 1.29 is 43.6 Å². The summed E-state index contributed by atoms with van der Waals surface area (Å²) in [6.45, 7) is 7.62. The van der Waals surface area contributed by atoms with Crippen LogP contribution >= 0.6 is 0 Å². The third kappa shape index (κ3) is 9.30. The van der Waals surface area contributed by atoms with Gasteiger partial charge in [0.15, 0.2) is 0 Å². The lowest BCUT2D eigenvalue weighted by atomic mass is 9.55. The molecule has 332 valence electrons. The first-order valence-corrected chi connectivity index (χ1v) is 23.0. The van der Waals surface area contributed by atoms with Crippen LogP contribution in [0.15, 0.2) is 90.1 Å². The number of aliphatic hydroxyl groups excluding tert-OH is 2. The summed E-state index contributed by atoms with van der Waals surface area (Å²) in [7, 11) is 0. The Balaban J connectivity index is 1.34. The summed E-state index contributed by atoms with van der Waals surface area (Å²) < 4.78 is 26.5. The standard InChI is InChI=1S/C50H63N3O9/c1-3-27-59-50-44(53(48(56)34-21-22-34)32-36-17-13-16-33-14-5-6-18-38(33)36)31-42(52-62-45-20-9-12-28-58-45)40-29-35(15-7-10-25-54)39(19-8-11-26-55)46(47(40)50)41-30-37(23-24-43(41)61-50)60-49(57)51-4-2/h3,5-6,13-14,16-18,23-24,29-30,34-35,39,44-47,54-55H,1,4,7-12,15,19-22,25-28,31-32H2,2H3,(H,51,57)/t35-,39+,44-,45?,46+,47+,50+/m0/s1. The average Bonchev–Trinajstić information content (AvgIpc) is 4.15. The number of aliphatic hydroxyl groups is 2. The maximum absolute atomic E-state index is 15.1. The highest BCUT2D eigenvalue weighted by atomic mass is 16.8. The molecule has 0 bridgehead atoms. The molecule has 1 unspecified atom stereocenters. The first-order chi connectivity index (χ1) is 30.4. The molecule has 0 spiro atoms. The SMILES string of the molecule is C=CCO[C@@]12Oc3ccc(OC(=O)NCC)cc3[C@H]3[C@H](CCCCO)[C@@H](CCCCO)C=C(C(=NOC4CCCCO4)C[C@@H]1N(Cc1cccc4ccccc14)C(=O)C1CC1)[C@H]32. The van der Waals surface area contributed by atoms with Gasteiger partial charge in [-0.25, -0.2) is 4.79 Å². The molecule has 3 aliphatic carbocycles. The molecule has 2 amide bonds. The number of benzene rings is 3. The van der Waals surface area contributed by atoms with Crippen molar-refractivity contribution in [3.05, 3.63) is 96.1 Å². The second-order valence-corrected chi connectivity index (χ2v) is 17.5. The largest absolute Gasteiger partial charge is 0.459 e. The van der Waals surface area contributed by atoms with Gasteiger partial charge in [-0.15, -0.1) is 6.58 Å². The van der Waals surface area contributed by atoms with Crippen molar-refractivity contribution in [2.24, 2.45) is 28.8 Å². The lowest BCUT2D eigenvalue weighted by Gasteiger charge is -2.60. The summed E-state index contributed by atoms with van der Waals surface area (Å²) in [6, 6.07) is 19.4. The molecule has 2 heterocycles. The fourth-order valence-electron chi connectivity index (χ4n) is 10.4. The van der Waals surface area contributed by atoms with Gasteiger partial charge in [-0.05, 0) is 110 Å². The van der Waals surface area contributed by atoms with E-state index in [1.165, 1.54) is 0 Å². The first-order valence-electron chi connectivity index (χ1n) is 23.0. The number of carbonyl (C=O) groups is 2. The molecule has 0 aromatic heterocycles. The van der Waals surface area contributed by atoms with Crippen LogP contribution in [0.1, 0.15) is 101 Å². The number of rotatable bonds is 19. The second-order valence-electron chi connectivity index (χ2n) is 17.5. The van der Waals surface area contributed by atoms with Crippen molar-refractivity contribution >= 4 is 28.5 Å².